The van der Waals surface area contributed by atoms with Crippen LogP contribution in [0.5, 0.6) is 0 Å². The number of amides is 1. The van der Waals surface area contributed by atoms with Gasteiger partial charge in [0.05, 0.1) is 11.3 Å². The minimum atomic E-state index is -1.01. The molecule has 6 heteroatoms. The van der Waals surface area contributed by atoms with Crippen molar-refractivity contribution in [1.82, 2.24) is 0 Å². The molecule has 4 nitrogen and oxygen atoms in total. The fourth-order valence-electron chi connectivity index (χ4n) is 1.15. The number of hydrogen-bond acceptors (Lipinski definition) is 4. The first kappa shape index (κ1) is 14.1. The largest absolute Gasteiger partial charge is 0.478 e. The number of nitrogens with one attached hydrogen (secondary N) is 1. The molecule has 1 aromatic rings. The van der Waals surface area contributed by atoms with Gasteiger partial charge in [-0.2, -0.15) is 11.8 Å². The van der Waals surface area contributed by atoms with Gasteiger partial charge in [-0.3, -0.25) is 4.79 Å². The molecule has 0 atom stereocenters. The van der Waals surface area contributed by atoms with Crippen molar-refractivity contribution in [1.29, 1.82) is 0 Å². The first-order valence-electron chi connectivity index (χ1n) is 5.33. The van der Waals surface area contributed by atoms with E-state index in [-0.39, 0.29) is 11.5 Å². The van der Waals surface area contributed by atoms with Crippen LogP contribution in [0.15, 0.2) is 11.4 Å². The van der Waals surface area contributed by atoms with Crippen LogP contribution in [0.2, 0.25) is 0 Å². The number of carbonyl (C=O) groups is 2. The van der Waals surface area contributed by atoms with E-state index in [1.165, 1.54) is 17.4 Å². The maximum Gasteiger partial charge on any atom is 0.338 e. The average molecular weight is 273 g/mol. The summed E-state index contributed by atoms with van der Waals surface area (Å²) in [4.78, 5) is 22.3. The van der Waals surface area contributed by atoms with E-state index in [0.717, 1.165) is 18.6 Å². The maximum atomic E-state index is 11.5. The summed E-state index contributed by atoms with van der Waals surface area (Å²) in [5.41, 5.74) is 0.155. The molecule has 0 aromatic carbocycles. The summed E-state index contributed by atoms with van der Waals surface area (Å²) < 4.78 is 0. The molecule has 1 amide bonds. The van der Waals surface area contributed by atoms with E-state index in [2.05, 4.69) is 12.2 Å². The fraction of sp³-hybridized carbons (Fsp3) is 0.455. The Bertz CT molecular complexity index is 390. The Labute approximate surface area is 108 Å². The second-order valence-electron chi connectivity index (χ2n) is 3.42. The van der Waals surface area contributed by atoms with E-state index >= 15 is 0 Å². The predicted octanol–water partition coefficient (Wildman–Crippen LogP) is 2.92. The second-order valence-corrected chi connectivity index (χ2v) is 5.44. The highest BCUT2D eigenvalue weighted by molar-refractivity contribution is 7.99. The van der Waals surface area contributed by atoms with Crippen molar-refractivity contribution in [2.45, 2.75) is 19.8 Å². The summed E-state index contributed by atoms with van der Waals surface area (Å²) in [5.74, 6) is 0.174. The van der Waals surface area contributed by atoms with Crippen molar-refractivity contribution < 1.29 is 14.7 Å². The van der Waals surface area contributed by atoms with Crippen molar-refractivity contribution in [3.63, 3.8) is 0 Å². The number of carboxylic acids is 1. The van der Waals surface area contributed by atoms with E-state index in [4.69, 9.17) is 5.11 Å². The Morgan fingerprint density at radius 3 is 2.94 bits per heavy atom. The molecule has 0 bridgehead atoms. The van der Waals surface area contributed by atoms with Crippen LogP contribution in [0.1, 0.15) is 30.1 Å². The monoisotopic (exact) mass is 273 g/mol. The lowest BCUT2D eigenvalue weighted by atomic mass is 10.3. The lowest BCUT2D eigenvalue weighted by Crippen LogP contribution is -2.15. The number of anilines is 1. The molecule has 0 aliphatic rings. The molecular formula is C11H15NO3S2. The molecule has 0 aliphatic carbocycles. The third kappa shape index (κ3) is 4.79. The average Bonchev–Trinajstić information content (AvgIpc) is 2.72. The summed E-state index contributed by atoms with van der Waals surface area (Å²) in [7, 11) is 0. The zero-order valence-corrected chi connectivity index (χ0v) is 11.2. The molecule has 0 unspecified atom stereocenters. The number of hydrogen-bond donors (Lipinski definition) is 2. The second kappa shape index (κ2) is 7.34. The molecule has 0 spiro atoms. The number of carbonyl (C=O) groups excluding carboxylic acids is 1. The van der Waals surface area contributed by atoms with Gasteiger partial charge in [0.2, 0.25) is 5.91 Å². The number of thiophene rings is 1. The number of thioether (sulfide) groups is 1. The van der Waals surface area contributed by atoms with Crippen LogP contribution in [0, 0.1) is 0 Å². The van der Waals surface area contributed by atoms with Gasteiger partial charge in [-0.1, -0.05) is 13.3 Å². The SMILES string of the molecule is CCCCSCC(=O)Nc1sccc1C(=O)O. The van der Waals surface area contributed by atoms with Gasteiger partial charge in [0.1, 0.15) is 5.00 Å². The van der Waals surface area contributed by atoms with Gasteiger partial charge in [0.25, 0.3) is 0 Å². The van der Waals surface area contributed by atoms with Crippen LogP contribution >= 0.6 is 23.1 Å². The molecule has 0 radical (unpaired) electrons. The zero-order chi connectivity index (χ0) is 12.7. The van der Waals surface area contributed by atoms with E-state index in [1.54, 1.807) is 17.1 Å². The molecule has 1 rings (SSSR count). The first-order valence-corrected chi connectivity index (χ1v) is 7.37. The summed E-state index contributed by atoms with van der Waals surface area (Å²) in [6, 6.07) is 1.49. The van der Waals surface area contributed by atoms with Gasteiger partial charge in [0.15, 0.2) is 0 Å². The number of carboxylic acid groups (broad SMARTS) is 1. The van der Waals surface area contributed by atoms with Crippen molar-refractivity contribution in [2.24, 2.45) is 0 Å². The predicted molar refractivity (Wildman–Crippen MR) is 72.1 cm³/mol. The third-order valence-corrected chi connectivity index (χ3v) is 3.90. The lowest BCUT2D eigenvalue weighted by molar-refractivity contribution is -0.113. The standard InChI is InChI=1S/C11H15NO3S2/c1-2-3-5-16-7-9(13)12-10-8(11(14)15)4-6-17-10/h4,6H,2-3,5,7H2,1H3,(H,12,13)(H,14,15). The molecule has 1 heterocycles. The Morgan fingerprint density at radius 2 is 2.29 bits per heavy atom. The van der Waals surface area contributed by atoms with E-state index < -0.39 is 5.97 Å². The molecular weight excluding hydrogens is 258 g/mol. The Kier molecular flexibility index (Phi) is 6.07. The molecule has 2 N–H and O–H groups in total. The van der Waals surface area contributed by atoms with E-state index in [1.807, 2.05) is 0 Å². The van der Waals surface area contributed by atoms with Gasteiger partial charge >= 0.3 is 5.97 Å². The lowest BCUT2D eigenvalue weighted by Gasteiger charge is -2.03. The van der Waals surface area contributed by atoms with Crippen molar-refractivity contribution in [3.8, 4) is 0 Å². The van der Waals surface area contributed by atoms with Crippen LogP contribution < -0.4 is 5.32 Å². The molecule has 0 aliphatic heterocycles. The highest BCUT2D eigenvalue weighted by Gasteiger charge is 2.13. The molecule has 0 fully saturated rings. The van der Waals surface area contributed by atoms with Gasteiger partial charge in [-0.15, -0.1) is 11.3 Å². The third-order valence-electron chi connectivity index (χ3n) is 2.02. The van der Waals surface area contributed by atoms with E-state index in [9.17, 15) is 9.59 Å². The van der Waals surface area contributed by atoms with Crippen LogP contribution in [0.4, 0.5) is 5.00 Å². The van der Waals surface area contributed by atoms with Gasteiger partial charge in [-0.05, 0) is 23.6 Å². The zero-order valence-electron chi connectivity index (χ0n) is 9.56. The number of unbranched alkanes of at least 4 members (excludes halogenated alkanes) is 1. The van der Waals surface area contributed by atoms with E-state index in [0.29, 0.717) is 10.8 Å². The Hall–Kier alpha value is -1.01. The van der Waals surface area contributed by atoms with Crippen molar-refractivity contribution in [2.75, 3.05) is 16.8 Å². The highest BCUT2D eigenvalue weighted by Crippen LogP contribution is 2.23. The molecule has 0 saturated heterocycles. The van der Waals surface area contributed by atoms with Crippen LogP contribution in [-0.2, 0) is 4.79 Å². The Balaban J connectivity index is 2.40. The summed E-state index contributed by atoms with van der Waals surface area (Å²) in [6.45, 7) is 2.10. The van der Waals surface area contributed by atoms with Gasteiger partial charge in [-0.25, -0.2) is 4.79 Å². The first-order chi connectivity index (χ1) is 8.15. The molecule has 94 valence electrons. The summed E-state index contributed by atoms with van der Waals surface area (Å²) in [5, 5.41) is 13.6. The van der Waals surface area contributed by atoms with Crippen LogP contribution in [0.25, 0.3) is 0 Å². The normalized spacial score (nSPS) is 10.2. The number of aromatic carboxylic acids is 1. The quantitative estimate of drug-likeness (QED) is 0.750. The minimum Gasteiger partial charge on any atom is -0.478 e. The van der Waals surface area contributed by atoms with Crippen molar-refractivity contribution >= 4 is 40.0 Å². The summed E-state index contributed by atoms with van der Waals surface area (Å²) in [6.07, 6.45) is 2.21. The molecule has 0 saturated carbocycles. The van der Waals surface area contributed by atoms with Gasteiger partial charge < -0.3 is 10.4 Å². The molecule has 17 heavy (non-hydrogen) atoms. The topological polar surface area (TPSA) is 66.4 Å². The summed E-state index contributed by atoms with van der Waals surface area (Å²) >= 11 is 2.80. The fourth-order valence-corrected chi connectivity index (χ4v) is 2.84. The maximum absolute atomic E-state index is 11.5. The smallest absolute Gasteiger partial charge is 0.338 e. The highest BCUT2D eigenvalue weighted by atomic mass is 32.2. The van der Waals surface area contributed by atoms with Gasteiger partial charge in [0, 0.05) is 0 Å². The van der Waals surface area contributed by atoms with Crippen molar-refractivity contribution in [3.05, 3.63) is 17.0 Å². The van der Waals surface area contributed by atoms with Crippen LogP contribution in [0.3, 0.4) is 0 Å². The molecule has 1 aromatic heterocycles. The number of rotatable bonds is 7. The van der Waals surface area contributed by atoms with Crippen LogP contribution in [-0.4, -0.2) is 28.5 Å². The Morgan fingerprint density at radius 1 is 1.53 bits per heavy atom. The minimum absolute atomic E-state index is 0.143.